The molecule has 1 amide bonds. The number of benzene rings is 1. The van der Waals surface area contributed by atoms with Crippen molar-refractivity contribution in [2.24, 2.45) is 0 Å². The average Bonchev–Trinajstić information content (AvgIpc) is 2.82. The summed E-state index contributed by atoms with van der Waals surface area (Å²) in [5, 5.41) is 2.76. The molecule has 5 heteroatoms. The molecular formula is C16H24F2N2O. The van der Waals surface area contributed by atoms with Crippen molar-refractivity contribution in [2.75, 3.05) is 19.6 Å². The fourth-order valence-corrected chi connectivity index (χ4v) is 2.48. The van der Waals surface area contributed by atoms with Crippen molar-refractivity contribution in [3.8, 4) is 0 Å². The van der Waals surface area contributed by atoms with Crippen LogP contribution in [-0.2, 0) is 0 Å². The summed E-state index contributed by atoms with van der Waals surface area (Å²) in [7, 11) is 0. The van der Waals surface area contributed by atoms with Crippen molar-refractivity contribution in [1.29, 1.82) is 0 Å². The van der Waals surface area contributed by atoms with Crippen molar-refractivity contribution < 1.29 is 13.6 Å². The van der Waals surface area contributed by atoms with E-state index in [4.69, 9.17) is 0 Å². The van der Waals surface area contributed by atoms with E-state index in [9.17, 15) is 13.6 Å². The van der Waals surface area contributed by atoms with E-state index in [-0.39, 0.29) is 0 Å². The summed E-state index contributed by atoms with van der Waals surface area (Å²) < 4.78 is 27.1. The smallest absolute Gasteiger partial charge is 0.257 e. The third-order valence-electron chi connectivity index (χ3n) is 3.60. The molecule has 1 atom stereocenters. The zero-order valence-electron chi connectivity index (χ0n) is 13.2. The largest absolute Gasteiger partial charge is 0.345 e. The van der Waals surface area contributed by atoms with Gasteiger partial charge in [0.05, 0.1) is 5.54 Å². The maximum absolute atomic E-state index is 13.5. The lowest BCUT2D eigenvalue weighted by atomic mass is 10.0. The number of rotatable bonds is 3. The van der Waals surface area contributed by atoms with Gasteiger partial charge in [0.1, 0.15) is 17.2 Å². The Hall–Kier alpha value is -1.49. The minimum Gasteiger partial charge on any atom is -0.345 e. The van der Waals surface area contributed by atoms with Crippen LogP contribution in [0.25, 0.3) is 0 Å². The van der Waals surface area contributed by atoms with Crippen LogP contribution in [0.3, 0.4) is 0 Å². The molecule has 0 saturated carbocycles. The highest BCUT2D eigenvalue weighted by atomic mass is 19.1. The van der Waals surface area contributed by atoms with Gasteiger partial charge in [-0.25, -0.2) is 8.78 Å². The molecular weight excluding hydrogens is 274 g/mol. The highest BCUT2D eigenvalue weighted by Gasteiger charge is 2.35. The maximum atomic E-state index is 13.5. The number of likely N-dealkylation sites (tertiary alicyclic amines) is 1. The minimum atomic E-state index is -0.827. The summed E-state index contributed by atoms with van der Waals surface area (Å²) in [4.78, 5) is 14.2. The van der Waals surface area contributed by atoms with Crippen LogP contribution in [-0.4, -0.2) is 36.0 Å². The number of hydrogen-bond acceptors (Lipinski definition) is 2. The molecule has 21 heavy (non-hydrogen) atoms. The van der Waals surface area contributed by atoms with E-state index in [0.29, 0.717) is 6.54 Å². The highest BCUT2D eigenvalue weighted by molar-refractivity contribution is 5.95. The van der Waals surface area contributed by atoms with Gasteiger partial charge in [0, 0.05) is 13.1 Å². The van der Waals surface area contributed by atoms with Gasteiger partial charge in [-0.2, -0.15) is 0 Å². The molecule has 1 heterocycles. The SMILES string of the molecule is CC.CCN1CCC(C)(NC(=O)c2c(F)cccc2F)C1. The van der Waals surface area contributed by atoms with Crippen molar-refractivity contribution >= 4 is 5.91 Å². The van der Waals surface area contributed by atoms with Gasteiger partial charge >= 0.3 is 0 Å². The van der Waals surface area contributed by atoms with Crippen molar-refractivity contribution in [1.82, 2.24) is 10.2 Å². The van der Waals surface area contributed by atoms with Gasteiger partial charge in [-0.1, -0.05) is 26.8 Å². The van der Waals surface area contributed by atoms with Crippen molar-refractivity contribution in [3.63, 3.8) is 0 Å². The van der Waals surface area contributed by atoms with Crippen LogP contribution >= 0.6 is 0 Å². The molecule has 0 radical (unpaired) electrons. The molecule has 1 aliphatic heterocycles. The van der Waals surface area contributed by atoms with Crippen LogP contribution in [0.1, 0.15) is 44.5 Å². The van der Waals surface area contributed by atoms with Gasteiger partial charge in [0.2, 0.25) is 0 Å². The van der Waals surface area contributed by atoms with E-state index in [2.05, 4.69) is 10.2 Å². The molecule has 1 saturated heterocycles. The van der Waals surface area contributed by atoms with E-state index in [1.807, 2.05) is 27.7 Å². The van der Waals surface area contributed by atoms with Crippen LogP contribution in [0.4, 0.5) is 8.78 Å². The first-order valence-electron chi connectivity index (χ1n) is 7.44. The molecule has 3 nitrogen and oxygen atoms in total. The predicted molar refractivity (Wildman–Crippen MR) is 80.3 cm³/mol. The number of carbonyl (C=O) groups is 1. The van der Waals surface area contributed by atoms with Crippen molar-refractivity contribution in [3.05, 3.63) is 35.4 Å². The lowest BCUT2D eigenvalue weighted by Crippen LogP contribution is -2.48. The second-order valence-corrected chi connectivity index (χ2v) is 5.23. The molecule has 1 aliphatic rings. The van der Waals surface area contributed by atoms with Gasteiger partial charge in [0.25, 0.3) is 5.91 Å². The summed E-state index contributed by atoms with van der Waals surface area (Å²) in [5.74, 6) is -2.34. The molecule has 0 spiro atoms. The lowest BCUT2D eigenvalue weighted by molar-refractivity contribution is 0.0899. The summed E-state index contributed by atoms with van der Waals surface area (Å²) in [6, 6.07) is 3.43. The molecule has 1 fully saturated rings. The Morgan fingerprint density at radius 2 is 1.90 bits per heavy atom. The second-order valence-electron chi connectivity index (χ2n) is 5.23. The molecule has 1 aromatic carbocycles. The normalized spacial score (nSPS) is 21.6. The predicted octanol–water partition coefficient (Wildman–Crippen LogP) is 3.21. The zero-order chi connectivity index (χ0) is 16.0. The first kappa shape index (κ1) is 17.6. The van der Waals surface area contributed by atoms with Crippen LogP contribution in [0.15, 0.2) is 18.2 Å². The minimum absolute atomic E-state index is 0.429. The van der Waals surface area contributed by atoms with E-state index < -0.39 is 28.6 Å². The molecule has 1 aromatic rings. The summed E-state index contributed by atoms with van der Waals surface area (Å²) in [6.07, 6.45) is 0.780. The maximum Gasteiger partial charge on any atom is 0.257 e. The fourth-order valence-electron chi connectivity index (χ4n) is 2.48. The van der Waals surface area contributed by atoms with E-state index >= 15 is 0 Å². The van der Waals surface area contributed by atoms with Gasteiger partial charge in [-0.15, -0.1) is 0 Å². The van der Waals surface area contributed by atoms with Crippen LogP contribution in [0.2, 0.25) is 0 Å². The highest BCUT2D eigenvalue weighted by Crippen LogP contribution is 2.22. The Kier molecular flexibility index (Phi) is 6.27. The topological polar surface area (TPSA) is 32.3 Å². The van der Waals surface area contributed by atoms with Gasteiger partial charge in [-0.3, -0.25) is 4.79 Å². The van der Waals surface area contributed by atoms with Crippen LogP contribution in [0.5, 0.6) is 0 Å². The molecule has 0 aliphatic carbocycles. The van der Waals surface area contributed by atoms with Gasteiger partial charge in [-0.05, 0) is 32.0 Å². The van der Waals surface area contributed by atoms with E-state index in [1.165, 1.54) is 6.07 Å². The molecule has 118 valence electrons. The standard InChI is InChI=1S/C14H18F2N2O.C2H6/c1-3-18-8-7-14(2,9-18)17-13(19)12-10(15)5-4-6-11(12)16;1-2/h4-6H,3,7-9H2,1-2H3,(H,17,19);1-2H3. The molecule has 2 rings (SSSR count). The fraction of sp³-hybridized carbons (Fsp3) is 0.562. The van der Waals surface area contributed by atoms with E-state index in [0.717, 1.165) is 31.6 Å². The molecule has 0 aromatic heterocycles. The third kappa shape index (κ3) is 4.24. The van der Waals surface area contributed by atoms with Crippen LogP contribution < -0.4 is 5.32 Å². The Labute approximate surface area is 125 Å². The summed E-state index contributed by atoms with van der Waals surface area (Å²) in [6.45, 7) is 10.4. The molecule has 1 N–H and O–H groups in total. The number of halogens is 2. The Morgan fingerprint density at radius 1 is 1.33 bits per heavy atom. The number of amides is 1. The zero-order valence-corrected chi connectivity index (χ0v) is 13.2. The van der Waals surface area contributed by atoms with Gasteiger partial charge < -0.3 is 10.2 Å². The molecule has 0 bridgehead atoms. The average molecular weight is 298 g/mol. The number of nitrogens with one attached hydrogen (secondary N) is 1. The monoisotopic (exact) mass is 298 g/mol. The first-order valence-corrected chi connectivity index (χ1v) is 7.44. The summed E-state index contributed by atoms with van der Waals surface area (Å²) in [5.41, 5.74) is -0.930. The molecule has 1 unspecified atom stereocenters. The van der Waals surface area contributed by atoms with Crippen LogP contribution in [0, 0.1) is 11.6 Å². The third-order valence-corrected chi connectivity index (χ3v) is 3.60. The van der Waals surface area contributed by atoms with Gasteiger partial charge in [0.15, 0.2) is 0 Å². The lowest BCUT2D eigenvalue weighted by Gasteiger charge is -2.26. The summed E-state index contributed by atoms with van der Waals surface area (Å²) >= 11 is 0. The second kappa shape index (κ2) is 7.50. The van der Waals surface area contributed by atoms with Crippen molar-refractivity contribution in [2.45, 2.75) is 39.7 Å². The van der Waals surface area contributed by atoms with E-state index in [1.54, 1.807) is 0 Å². The number of carbonyl (C=O) groups excluding carboxylic acids is 1. The first-order chi connectivity index (χ1) is 9.95. The Bertz CT molecular complexity index is 473. The number of likely N-dealkylation sites (N-methyl/N-ethyl adjacent to an activating group) is 1. The number of hydrogen-bond donors (Lipinski definition) is 1. The Morgan fingerprint density at radius 3 is 2.38 bits per heavy atom. The Balaban J connectivity index is 0.00000106. The quantitative estimate of drug-likeness (QED) is 0.929. The number of nitrogens with zero attached hydrogens (tertiary/aromatic N) is 1.